The lowest BCUT2D eigenvalue weighted by Gasteiger charge is -2.21. The third-order valence-corrected chi connectivity index (χ3v) is 5.20. The van der Waals surface area contributed by atoms with Gasteiger partial charge in [-0.3, -0.25) is 9.59 Å². The minimum atomic E-state index is -0.835. The number of hydrogen-bond donors (Lipinski definition) is 2. The summed E-state index contributed by atoms with van der Waals surface area (Å²) in [5.74, 6) is -1.13. The van der Waals surface area contributed by atoms with E-state index in [1.54, 1.807) is 4.90 Å². The van der Waals surface area contributed by atoms with E-state index in [0.29, 0.717) is 31.6 Å². The van der Waals surface area contributed by atoms with E-state index in [1.807, 2.05) is 45.2 Å². The van der Waals surface area contributed by atoms with E-state index in [-0.39, 0.29) is 11.8 Å². The summed E-state index contributed by atoms with van der Waals surface area (Å²) in [6, 6.07) is 8.11. The number of carboxylic acids is 1. The largest absolute Gasteiger partial charge is 0.481 e. The number of nitrogens with one attached hydrogen (secondary N) is 1. The molecular weight excluding hydrogens is 370 g/mol. The molecule has 1 aromatic heterocycles. The number of carbonyl (C=O) groups is 2. The van der Waals surface area contributed by atoms with Crippen LogP contribution in [0.5, 0.6) is 0 Å². The second-order valence-electron chi connectivity index (χ2n) is 7.45. The van der Waals surface area contributed by atoms with Crippen LogP contribution >= 0.6 is 0 Å². The maximum atomic E-state index is 11.9. The number of aromatic nitrogens is 4. The fraction of sp³-hybridized carbons (Fsp3) is 0.571. The molecule has 1 heterocycles. The number of tetrazole rings is 1. The summed E-state index contributed by atoms with van der Waals surface area (Å²) in [6.07, 6.45) is 4.09. The van der Waals surface area contributed by atoms with Crippen LogP contribution < -0.4 is 0 Å². The van der Waals surface area contributed by atoms with E-state index < -0.39 is 11.9 Å². The summed E-state index contributed by atoms with van der Waals surface area (Å²) >= 11 is 0. The molecule has 2 N–H and O–H groups in total. The van der Waals surface area contributed by atoms with E-state index in [9.17, 15) is 14.7 Å². The summed E-state index contributed by atoms with van der Waals surface area (Å²) in [5.41, 5.74) is 2.17. The molecule has 1 aromatic carbocycles. The minimum Gasteiger partial charge on any atom is -0.481 e. The number of nitrogens with zero attached hydrogens (tertiary/aromatic N) is 4. The summed E-state index contributed by atoms with van der Waals surface area (Å²) in [4.78, 5) is 25.5. The lowest BCUT2D eigenvalue weighted by Crippen LogP contribution is -2.28. The van der Waals surface area contributed by atoms with E-state index >= 15 is 0 Å². The van der Waals surface area contributed by atoms with Crippen molar-refractivity contribution in [3.8, 4) is 0 Å². The van der Waals surface area contributed by atoms with E-state index in [1.165, 1.54) is 0 Å². The minimum absolute atomic E-state index is 0.169. The highest BCUT2D eigenvalue weighted by atomic mass is 16.4. The number of carboxylic acid groups (broad SMARTS) is 1. The van der Waals surface area contributed by atoms with Gasteiger partial charge in [0.15, 0.2) is 5.82 Å². The van der Waals surface area contributed by atoms with Gasteiger partial charge in [0.25, 0.3) is 0 Å². The summed E-state index contributed by atoms with van der Waals surface area (Å²) in [5, 5.41) is 23.8. The lowest BCUT2D eigenvalue weighted by molar-refractivity contribution is -0.143. The molecule has 2 rings (SSSR count). The first-order chi connectivity index (χ1) is 14.0. The third-order valence-electron chi connectivity index (χ3n) is 5.20. The van der Waals surface area contributed by atoms with Crippen molar-refractivity contribution in [3.05, 3.63) is 41.2 Å². The van der Waals surface area contributed by atoms with Gasteiger partial charge in [-0.05, 0) is 36.8 Å². The van der Waals surface area contributed by atoms with Gasteiger partial charge in [0, 0.05) is 25.9 Å². The fourth-order valence-corrected chi connectivity index (χ4v) is 3.47. The van der Waals surface area contributed by atoms with Crippen LogP contribution in [-0.2, 0) is 22.4 Å². The highest BCUT2D eigenvalue weighted by Crippen LogP contribution is 2.30. The van der Waals surface area contributed by atoms with Crippen molar-refractivity contribution in [2.45, 2.75) is 58.3 Å². The monoisotopic (exact) mass is 401 g/mol. The molecule has 2 atom stereocenters. The summed E-state index contributed by atoms with van der Waals surface area (Å²) < 4.78 is 0. The van der Waals surface area contributed by atoms with Crippen LogP contribution in [0.4, 0.5) is 0 Å². The Bertz CT molecular complexity index is 761. The van der Waals surface area contributed by atoms with Crippen molar-refractivity contribution < 1.29 is 14.7 Å². The Labute approximate surface area is 171 Å². The van der Waals surface area contributed by atoms with Gasteiger partial charge in [0.2, 0.25) is 5.91 Å². The van der Waals surface area contributed by atoms with Gasteiger partial charge in [-0.15, -0.1) is 10.2 Å². The van der Waals surface area contributed by atoms with Crippen LogP contribution in [0.3, 0.4) is 0 Å². The molecule has 0 aliphatic heterocycles. The van der Waals surface area contributed by atoms with Crippen molar-refractivity contribution in [2.75, 3.05) is 13.6 Å². The zero-order valence-corrected chi connectivity index (χ0v) is 17.5. The van der Waals surface area contributed by atoms with Crippen molar-refractivity contribution in [3.63, 3.8) is 0 Å². The summed E-state index contributed by atoms with van der Waals surface area (Å²) in [7, 11) is 1.83. The van der Waals surface area contributed by atoms with E-state index in [0.717, 1.165) is 30.4 Å². The Morgan fingerprint density at radius 3 is 2.38 bits per heavy atom. The zero-order valence-electron chi connectivity index (χ0n) is 17.5. The van der Waals surface area contributed by atoms with Crippen molar-refractivity contribution in [1.82, 2.24) is 25.5 Å². The molecule has 8 heteroatoms. The zero-order chi connectivity index (χ0) is 21.2. The van der Waals surface area contributed by atoms with E-state index in [2.05, 4.69) is 20.6 Å². The Hall–Kier alpha value is -2.77. The van der Waals surface area contributed by atoms with Crippen molar-refractivity contribution in [2.24, 2.45) is 5.92 Å². The molecule has 0 unspecified atom stereocenters. The first-order valence-electron chi connectivity index (χ1n) is 10.2. The number of aromatic amines is 1. The SMILES string of the molecule is CCCC(=O)N(C)CCc1ccc(C[C@H](c2nn[nH]n2)[C@H](CCC)C(=O)O)cc1. The number of amides is 1. The van der Waals surface area contributed by atoms with Crippen molar-refractivity contribution >= 4 is 11.9 Å². The second kappa shape index (κ2) is 11.3. The maximum absolute atomic E-state index is 11.9. The van der Waals surface area contributed by atoms with Crippen LogP contribution in [0, 0.1) is 5.92 Å². The third kappa shape index (κ3) is 6.66. The first-order valence-corrected chi connectivity index (χ1v) is 10.2. The second-order valence-corrected chi connectivity index (χ2v) is 7.45. The molecule has 0 saturated carbocycles. The lowest BCUT2D eigenvalue weighted by atomic mass is 9.83. The molecule has 0 saturated heterocycles. The molecule has 0 aliphatic rings. The number of hydrogen-bond acceptors (Lipinski definition) is 5. The van der Waals surface area contributed by atoms with Gasteiger partial charge >= 0.3 is 5.97 Å². The predicted octanol–water partition coefficient (Wildman–Crippen LogP) is 2.83. The Balaban J connectivity index is 2.05. The van der Waals surface area contributed by atoms with Crippen LogP contribution in [0.2, 0.25) is 0 Å². The average molecular weight is 402 g/mol. The Morgan fingerprint density at radius 1 is 1.14 bits per heavy atom. The number of aliphatic carboxylic acids is 1. The van der Waals surface area contributed by atoms with Crippen LogP contribution in [0.25, 0.3) is 0 Å². The number of carbonyl (C=O) groups excluding carboxylic acids is 1. The fourth-order valence-electron chi connectivity index (χ4n) is 3.47. The number of benzene rings is 1. The van der Waals surface area contributed by atoms with Gasteiger partial charge in [-0.2, -0.15) is 5.21 Å². The molecular formula is C21H31N5O3. The number of likely N-dealkylation sites (N-methyl/N-ethyl adjacent to an activating group) is 1. The molecule has 0 fully saturated rings. The van der Waals surface area contributed by atoms with Gasteiger partial charge in [-0.1, -0.05) is 49.7 Å². The van der Waals surface area contributed by atoms with Crippen LogP contribution in [0.15, 0.2) is 24.3 Å². The molecule has 2 aromatic rings. The highest BCUT2D eigenvalue weighted by Gasteiger charge is 2.31. The molecule has 8 nitrogen and oxygen atoms in total. The van der Waals surface area contributed by atoms with Crippen molar-refractivity contribution in [1.29, 1.82) is 0 Å². The number of rotatable bonds is 12. The Kier molecular flexibility index (Phi) is 8.76. The molecule has 0 bridgehead atoms. The smallest absolute Gasteiger partial charge is 0.307 e. The predicted molar refractivity (Wildman–Crippen MR) is 109 cm³/mol. The quantitative estimate of drug-likeness (QED) is 0.565. The van der Waals surface area contributed by atoms with E-state index in [4.69, 9.17) is 0 Å². The highest BCUT2D eigenvalue weighted by molar-refractivity contribution is 5.75. The van der Waals surface area contributed by atoms with Crippen LogP contribution in [-0.4, -0.2) is 56.1 Å². The standard InChI is InChI=1S/C21H31N5O3/c1-4-6-17(21(28)29)18(20-22-24-25-23-20)14-16-10-8-15(9-11-16)12-13-26(3)19(27)7-5-2/h8-11,17-18H,4-7,12-14H2,1-3H3,(H,28,29)(H,22,23,24,25)/t17-,18-/m0/s1. The molecule has 0 aliphatic carbocycles. The topological polar surface area (TPSA) is 112 Å². The normalized spacial score (nSPS) is 13.1. The molecule has 0 spiro atoms. The van der Waals surface area contributed by atoms with Gasteiger partial charge < -0.3 is 10.0 Å². The average Bonchev–Trinajstić information content (AvgIpc) is 3.24. The van der Waals surface area contributed by atoms with Gasteiger partial charge in [0.05, 0.1) is 5.92 Å². The first kappa shape index (κ1) is 22.5. The molecule has 0 radical (unpaired) electrons. The molecule has 29 heavy (non-hydrogen) atoms. The summed E-state index contributed by atoms with van der Waals surface area (Å²) in [6.45, 7) is 4.66. The van der Waals surface area contributed by atoms with Gasteiger partial charge in [-0.25, -0.2) is 0 Å². The van der Waals surface area contributed by atoms with Crippen LogP contribution in [0.1, 0.15) is 62.4 Å². The Morgan fingerprint density at radius 2 is 1.83 bits per heavy atom. The van der Waals surface area contributed by atoms with Gasteiger partial charge in [0.1, 0.15) is 0 Å². The maximum Gasteiger partial charge on any atom is 0.307 e. The molecule has 1 amide bonds. The number of H-pyrrole nitrogens is 1. The molecule has 158 valence electrons.